The van der Waals surface area contributed by atoms with Gasteiger partial charge in [0.2, 0.25) is 0 Å². The van der Waals surface area contributed by atoms with Gasteiger partial charge < -0.3 is 14.9 Å². The molecule has 140 valence electrons. The largest absolute Gasteiger partial charge is 0.484 e. The third kappa shape index (κ3) is 4.75. The van der Waals surface area contributed by atoms with E-state index in [9.17, 15) is 9.18 Å². The van der Waals surface area contributed by atoms with Gasteiger partial charge >= 0.3 is 0 Å². The lowest BCUT2D eigenvalue weighted by Crippen LogP contribution is -2.30. The van der Waals surface area contributed by atoms with Crippen molar-refractivity contribution >= 4 is 23.2 Å². The molecule has 3 rings (SSSR count). The first kappa shape index (κ1) is 18.7. The fourth-order valence-corrected chi connectivity index (χ4v) is 3.05. The second-order valence-electron chi connectivity index (χ2n) is 6.65. The Hall–Kier alpha value is -2.08. The summed E-state index contributed by atoms with van der Waals surface area (Å²) in [7, 11) is 0. The number of oxime groups is 1. The van der Waals surface area contributed by atoms with Crippen molar-refractivity contribution in [2.24, 2.45) is 11.1 Å². The van der Waals surface area contributed by atoms with E-state index in [1.807, 2.05) is 0 Å². The molecule has 1 saturated carbocycles. The van der Waals surface area contributed by atoms with Crippen LogP contribution in [0, 0.1) is 11.7 Å². The summed E-state index contributed by atoms with van der Waals surface area (Å²) in [5, 5.41) is 6.90. The van der Waals surface area contributed by atoms with Crippen molar-refractivity contribution in [2.45, 2.75) is 38.2 Å². The second-order valence-corrected chi connectivity index (χ2v) is 7.05. The van der Waals surface area contributed by atoms with Crippen LogP contribution in [0.2, 0.25) is 5.02 Å². The van der Waals surface area contributed by atoms with Crippen molar-refractivity contribution < 1.29 is 18.8 Å². The van der Waals surface area contributed by atoms with Gasteiger partial charge in [0.05, 0.1) is 10.7 Å². The van der Waals surface area contributed by atoms with Crippen LogP contribution >= 0.6 is 11.6 Å². The molecule has 2 aliphatic rings. The van der Waals surface area contributed by atoms with Gasteiger partial charge in [-0.3, -0.25) is 4.79 Å². The van der Waals surface area contributed by atoms with Gasteiger partial charge in [-0.1, -0.05) is 29.8 Å². The van der Waals surface area contributed by atoms with Gasteiger partial charge in [0, 0.05) is 19.0 Å². The SMILES string of the molecule is C=C(CCNC(=O)COc1ccc(Cl)c(F)c1)C1=NOC(C2CCC2)C1. The number of rotatable bonds is 8. The summed E-state index contributed by atoms with van der Waals surface area (Å²) in [5.74, 6) is 0.00955. The highest BCUT2D eigenvalue weighted by molar-refractivity contribution is 6.30. The third-order valence-corrected chi connectivity index (χ3v) is 5.09. The molecule has 0 aromatic heterocycles. The minimum atomic E-state index is -0.583. The van der Waals surface area contributed by atoms with Crippen molar-refractivity contribution in [3.05, 3.63) is 41.2 Å². The highest BCUT2D eigenvalue weighted by Crippen LogP contribution is 2.35. The Morgan fingerprint density at radius 3 is 2.96 bits per heavy atom. The lowest BCUT2D eigenvalue weighted by atomic mass is 9.79. The van der Waals surface area contributed by atoms with Crippen LogP contribution in [-0.2, 0) is 9.63 Å². The maximum absolute atomic E-state index is 13.3. The van der Waals surface area contributed by atoms with Crippen molar-refractivity contribution in [3.8, 4) is 5.75 Å². The highest BCUT2D eigenvalue weighted by Gasteiger charge is 2.33. The predicted molar refractivity (Wildman–Crippen MR) is 97.9 cm³/mol. The average molecular weight is 381 g/mol. The van der Waals surface area contributed by atoms with E-state index in [4.69, 9.17) is 21.2 Å². The first-order chi connectivity index (χ1) is 12.5. The molecule has 1 heterocycles. The molecule has 1 aromatic carbocycles. The molecule has 26 heavy (non-hydrogen) atoms. The van der Waals surface area contributed by atoms with E-state index in [2.05, 4.69) is 17.1 Å². The molecule has 7 heteroatoms. The van der Waals surface area contributed by atoms with E-state index in [0.717, 1.165) is 23.8 Å². The predicted octanol–water partition coefficient (Wildman–Crippen LogP) is 3.87. The number of hydrogen-bond acceptors (Lipinski definition) is 4. The van der Waals surface area contributed by atoms with Gasteiger partial charge in [-0.2, -0.15) is 0 Å². The van der Waals surface area contributed by atoms with Gasteiger partial charge in [-0.05, 0) is 42.9 Å². The first-order valence-corrected chi connectivity index (χ1v) is 9.16. The Balaban J connectivity index is 1.33. The Morgan fingerprint density at radius 2 is 2.27 bits per heavy atom. The lowest BCUT2D eigenvalue weighted by molar-refractivity contribution is -0.123. The van der Waals surface area contributed by atoms with E-state index in [0.29, 0.717) is 18.9 Å². The Kier molecular flexibility index (Phi) is 6.14. The Labute approximate surface area is 157 Å². The zero-order valence-electron chi connectivity index (χ0n) is 14.5. The molecular weight excluding hydrogens is 359 g/mol. The van der Waals surface area contributed by atoms with Gasteiger partial charge in [0.15, 0.2) is 6.61 Å². The maximum atomic E-state index is 13.3. The maximum Gasteiger partial charge on any atom is 0.257 e. The summed E-state index contributed by atoms with van der Waals surface area (Å²) < 4.78 is 18.5. The third-order valence-electron chi connectivity index (χ3n) is 4.79. The molecule has 1 amide bonds. The fraction of sp³-hybridized carbons (Fsp3) is 0.474. The van der Waals surface area contributed by atoms with Crippen LogP contribution in [0.3, 0.4) is 0 Å². The first-order valence-electron chi connectivity index (χ1n) is 8.78. The summed E-state index contributed by atoms with van der Waals surface area (Å²) >= 11 is 5.60. The zero-order valence-corrected chi connectivity index (χ0v) is 15.2. The molecule has 1 fully saturated rings. The highest BCUT2D eigenvalue weighted by atomic mass is 35.5. The monoisotopic (exact) mass is 380 g/mol. The molecule has 0 saturated heterocycles. The van der Waals surface area contributed by atoms with Crippen LogP contribution in [0.1, 0.15) is 32.1 Å². The number of carbonyl (C=O) groups is 1. The van der Waals surface area contributed by atoms with Gasteiger partial charge in [-0.25, -0.2) is 4.39 Å². The van der Waals surface area contributed by atoms with Gasteiger partial charge in [0.25, 0.3) is 5.91 Å². The standard InChI is InChI=1S/C19H22ClFN2O3/c1-12(17-10-18(26-23-17)13-3-2-4-13)7-8-22-19(24)11-25-14-5-6-15(20)16(21)9-14/h5-6,9,13,18H,1-4,7-8,10-11H2,(H,22,24). The normalized spacial score (nSPS) is 19.3. The Morgan fingerprint density at radius 1 is 1.46 bits per heavy atom. The number of hydrogen-bond donors (Lipinski definition) is 1. The molecule has 5 nitrogen and oxygen atoms in total. The van der Waals surface area contributed by atoms with Crippen molar-refractivity contribution in [3.63, 3.8) is 0 Å². The van der Waals surface area contributed by atoms with Crippen LogP contribution in [0.25, 0.3) is 0 Å². The molecule has 0 spiro atoms. The van der Waals surface area contributed by atoms with E-state index < -0.39 is 5.82 Å². The zero-order chi connectivity index (χ0) is 18.5. The molecular formula is C19H22ClFN2O3. The number of nitrogens with one attached hydrogen (secondary N) is 1. The lowest BCUT2D eigenvalue weighted by Gasteiger charge is -2.29. The number of benzene rings is 1. The summed E-state index contributed by atoms with van der Waals surface area (Å²) in [6.45, 7) is 4.28. The number of amides is 1. The van der Waals surface area contributed by atoms with E-state index in [1.165, 1.54) is 31.4 Å². The molecule has 1 N–H and O–H groups in total. The van der Waals surface area contributed by atoms with Crippen molar-refractivity contribution in [1.29, 1.82) is 0 Å². The summed E-state index contributed by atoms with van der Waals surface area (Å²) in [5.41, 5.74) is 1.77. The number of halogens is 2. The topological polar surface area (TPSA) is 59.9 Å². The number of carbonyl (C=O) groups excluding carboxylic acids is 1. The van der Waals surface area contributed by atoms with Crippen LogP contribution in [0.5, 0.6) is 5.75 Å². The Bertz CT molecular complexity index is 719. The fourth-order valence-electron chi connectivity index (χ4n) is 2.93. The second kappa shape index (κ2) is 8.54. The van der Waals surface area contributed by atoms with Crippen LogP contribution in [0.4, 0.5) is 4.39 Å². The van der Waals surface area contributed by atoms with Gasteiger partial charge in [0.1, 0.15) is 17.7 Å². The summed E-state index contributed by atoms with van der Waals surface area (Å²) in [6.07, 6.45) is 5.31. The molecule has 1 aromatic rings. The van der Waals surface area contributed by atoms with Crippen LogP contribution < -0.4 is 10.1 Å². The van der Waals surface area contributed by atoms with Gasteiger partial charge in [-0.15, -0.1) is 0 Å². The smallest absolute Gasteiger partial charge is 0.257 e. The van der Waals surface area contributed by atoms with E-state index in [1.54, 1.807) is 0 Å². The van der Waals surface area contributed by atoms with Crippen LogP contribution in [-0.4, -0.2) is 30.9 Å². The van der Waals surface area contributed by atoms with E-state index >= 15 is 0 Å². The molecule has 1 unspecified atom stereocenters. The van der Waals surface area contributed by atoms with Crippen molar-refractivity contribution in [2.75, 3.05) is 13.2 Å². The van der Waals surface area contributed by atoms with Crippen LogP contribution in [0.15, 0.2) is 35.5 Å². The molecule has 1 aliphatic heterocycles. The average Bonchev–Trinajstić information content (AvgIpc) is 3.04. The quantitative estimate of drug-likeness (QED) is 0.744. The minimum Gasteiger partial charge on any atom is -0.484 e. The molecule has 1 atom stereocenters. The molecule has 0 bridgehead atoms. The molecule has 0 radical (unpaired) electrons. The van der Waals surface area contributed by atoms with E-state index in [-0.39, 0.29) is 29.4 Å². The minimum absolute atomic E-state index is 0.0127. The molecule has 1 aliphatic carbocycles. The number of nitrogens with zero attached hydrogens (tertiary/aromatic N) is 1. The number of ether oxygens (including phenoxy) is 1. The summed E-state index contributed by atoms with van der Waals surface area (Å²) in [4.78, 5) is 17.3. The van der Waals surface area contributed by atoms with Crippen molar-refractivity contribution in [1.82, 2.24) is 5.32 Å². The summed E-state index contributed by atoms with van der Waals surface area (Å²) in [6, 6.07) is 4.04.